The maximum Gasteiger partial charge on any atom is 0.300 e. The molecule has 1 saturated heterocycles. The molecule has 0 bridgehead atoms. The second kappa shape index (κ2) is 9.95. The molecule has 1 amide bonds. The molecular weight excluding hydrogens is 480 g/mol. The van der Waals surface area contributed by atoms with E-state index < -0.39 is 17.7 Å². The van der Waals surface area contributed by atoms with Crippen LogP contribution in [0.3, 0.4) is 0 Å². The highest BCUT2D eigenvalue weighted by Crippen LogP contribution is 2.45. The van der Waals surface area contributed by atoms with Crippen molar-refractivity contribution in [2.75, 3.05) is 38.1 Å². The van der Waals surface area contributed by atoms with Crippen molar-refractivity contribution in [3.8, 4) is 11.5 Å². The number of hydrogen-bond acceptors (Lipinski definition) is 6. The van der Waals surface area contributed by atoms with Gasteiger partial charge < -0.3 is 19.5 Å². The van der Waals surface area contributed by atoms with Gasteiger partial charge in [0, 0.05) is 31.5 Å². The van der Waals surface area contributed by atoms with Crippen molar-refractivity contribution in [3.05, 3.63) is 87.9 Å². The number of hydrogen-bond donors (Lipinski definition) is 1. The predicted molar refractivity (Wildman–Crippen MR) is 141 cm³/mol. The minimum Gasteiger partial charge on any atom is -0.507 e. The number of amides is 1. The monoisotopic (exact) mass is 506 g/mol. The number of halogens is 1. The maximum atomic E-state index is 13.5. The van der Waals surface area contributed by atoms with Crippen LogP contribution in [-0.4, -0.2) is 45.1 Å². The molecule has 0 saturated carbocycles. The third-order valence-electron chi connectivity index (χ3n) is 6.18. The molecule has 3 aromatic carbocycles. The average Bonchev–Trinajstić information content (AvgIpc) is 3.13. The lowest BCUT2D eigenvalue weighted by atomic mass is 9.94. The zero-order chi connectivity index (χ0) is 26.1. The van der Waals surface area contributed by atoms with Gasteiger partial charge >= 0.3 is 0 Å². The molecule has 0 aromatic heterocycles. The summed E-state index contributed by atoms with van der Waals surface area (Å²) < 4.78 is 10.7. The highest BCUT2D eigenvalue weighted by atomic mass is 35.5. The zero-order valence-electron chi connectivity index (χ0n) is 20.7. The maximum absolute atomic E-state index is 13.5. The Morgan fingerprint density at radius 2 is 1.64 bits per heavy atom. The van der Waals surface area contributed by atoms with Crippen LogP contribution in [0.5, 0.6) is 11.5 Å². The van der Waals surface area contributed by atoms with Crippen LogP contribution in [-0.2, 0) is 9.59 Å². The van der Waals surface area contributed by atoms with Crippen LogP contribution in [0.4, 0.5) is 11.4 Å². The Morgan fingerprint density at radius 3 is 2.22 bits per heavy atom. The van der Waals surface area contributed by atoms with Crippen molar-refractivity contribution in [3.63, 3.8) is 0 Å². The molecule has 0 spiro atoms. The molecule has 8 heteroatoms. The van der Waals surface area contributed by atoms with Crippen molar-refractivity contribution >= 4 is 40.4 Å². The van der Waals surface area contributed by atoms with Gasteiger partial charge in [0.25, 0.3) is 11.7 Å². The quantitative estimate of drug-likeness (QED) is 0.275. The van der Waals surface area contributed by atoms with Gasteiger partial charge in [-0.15, -0.1) is 0 Å². The Morgan fingerprint density at radius 1 is 0.972 bits per heavy atom. The summed E-state index contributed by atoms with van der Waals surface area (Å²) in [6.07, 6.45) is 0. The minimum atomic E-state index is -0.860. The molecule has 7 nitrogen and oxygen atoms in total. The van der Waals surface area contributed by atoms with Gasteiger partial charge in [0.05, 0.1) is 36.4 Å². The fraction of sp³-hybridized carbons (Fsp3) is 0.214. The molecule has 4 rings (SSSR count). The Kier molecular flexibility index (Phi) is 6.95. The van der Waals surface area contributed by atoms with E-state index in [9.17, 15) is 14.7 Å². The summed E-state index contributed by atoms with van der Waals surface area (Å²) in [5.74, 6) is -1.38. The Hall–Kier alpha value is -3.97. The number of carbonyl (C=O) groups is 2. The van der Waals surface area contributed by atoms with Crippen LogP contribution in [0.15, 0.2) is 66.2 Å². The molecule has 36 heavy (non-hydrogen) atoms. The van der Waals surface area contributed by atoms with Gasteiger partial charge in [-0.25, -0.2) is 0 Å². The molecule has 3 aromatic rings. The summed E-state index contributed by atoms with van der Waals surface area (Å²) in [4.78, 5) is 30.2. The molecule has 1 aliphatic rings. The SMILES string of the molecule is COc1cc(/C(O)=C2\C(=O)C(=O)N(c3ccc(N(C)C)cc3)C2c2cccc(C)c2)c(OC)cc1Cl. The van der Waals surface area contributed by atoms with E-state index in [1.807, 2.05) is 62.3 Å². The van der Waals surface area contributed by atoms with E-state index in [4.69, 9.17) is 21.1 Å². The van der Waals surface area contributed by atoms with Gasteiger partial charge in [0.1, 0.15) is 17.3 Å². The number of rotatable bonds is 6. The Bertz CT molecular complexity index is 1360. The number of Topliss-reactive ketones (excluding diaryl/α,β-unsaturated/α-hetero) is 1. The van der Waals surface area contributed by atoms with Crippen molar-refractivity contribution in [2.45, 2.75) is 13.0 Å². The van der Waals surface area contributed by atoms with Gasteiger partial charge in [0.15, 0.2) is 0 Å². The number of benzene rings is 3. The molecule has 1 unspecified atom stereocenters. The molecule has 0 radical (unpaired) electrons. The van der Waals surface area contributed by atoms with E-state index in [2.05, 4.69) is 0 Å². The number of aliphatic hydroxyl groups excluding tert-OH is 1. The second-order valence-electron chi connectivity index (χ2n) is 8.68. The third kappa shape index (κ3) is 4.38. The van der Waals surface area contributed by atoms with E-state index >= 15 is 0 Å². The van der Waals surface area contributed by atoms with Crippen molar-refractivity contribution in [1.29, 1.82) is 0 Å². The van der Waals surface area contributed by atoms with Crippen LogP contribution in [0.25, 0.3) is 5.76 Å². The predicted octanol–water partition coefficient (Wildman–Crippen LogP) is 5.36. The Balaban J connectivity index is 1.97. The normalized spacial score (nSPS) is 16.8. The van der Waals surface area contributed by atoms with Gasteiger partial charge in [-0.1, -0.05) is 41.4 Å². The third-order valence-corrected chi connectivity index (χ3v) is 6.47. The van der Waals surface area contributed by atoms with Gasteiger partial charge in [-0.2, -0.15) is 0 Å². The largest absolute Gasteiger partial charge is 0.507 e. The van der Waals surface area contributed by atoms with Crippen LogP contribution in [0.1, 0.15) is 22.7 Å². The number of methoxy groups -OCH3 is 2. The van der Waals surface area contributed by atoms with Crippen LogP contribution in [0, 0.1) is 6.92 Å². The first kappa shape index (κ1) is 25.1. The van der Waals surface area contributed by atoms with Crippen LogP contribution >= 0.6 is 11.6 Å². The molecular formula is C28H27ClN2O5. The standard InChI is InChI=1S/C28H27ClN2O5/c1-16-7-6-8-17(13-16)25-24(26(32)20-14-23(36-5)21(29)15-22(20)35-4)27(33)28(34)31(25)19-11-9-18(10-12-19)30(2)3/h6-15,25,32H,1-5H3/b26-24+. The van der Waals surface area contributed by atoms with E-state index in [1.54, 1.807) is 12.1 Å². The fourth-order valence-corrected chi connectivity index (χ4v) is 4.59. The minimum absolute atomic E-state index is 0.0510. The van der Waals surface area contributed by atoms with Crippen LogP contribution in [0.2, 0.25) is 5.02 Å². The summed E-state index contributed by atoms with van der Waals surface area (Å²) in [6, 6.07) is 16.9. The number of ether oxygens (including phenoxy) is 2. The van der Waals surface area contributed by atoms with E-state index in [1.165, 1.54) is 31.3 Å². The lowest BCUT2D eigenvalue weighted by molar-refractivity contribution is -0.132. The fourth-order valence-electron chi connectivity index (χ4n) is 4.36. The lowest BCUT2D eigenvalue weighted by Gasteiger charge is -2.26. The number of aryl methyl sites for hydroxylation is 1. The smallest absolute Gasteiger partial charge is 0.300 e. The number of nitrogens with zero attached hydrogens (tertiary/aromatic N) is 2. The average molecular weight is 507 g/mol. The van der Waals surface area contributed by atoms with E-state index in [0.717, 1.165) is 11.3 Å². The van der Waals surface area contributed by atoms with Crippen molar-refractivity contribution in [1.82, 2.24) is 0 Å². The van der Waals surface area contributed by atoms with Crippen molar-refractivity contribution < 1.29 is 24.2 Å². The highest BCUT2D eigenvalue weighted by Gasteiger charge is 2.47. The highest BCUT2D eigenvalue weighted by molar-refractivity contribution is 6.51. The second-order valence-corrected chi connectivity index (χ2v) is 9.09. The van der Waals surface area contributed by atoms with Gasteiger partial charge in [-0.05, 0) is 42.8 Å². The lowest BCUT2D eigenvalue weighted by Crippen LogP contribution is -2.29. The first-order valence-electron chi connectivity index (χ1n) is 11.2. The summed E-state index contributed by atoms with van der Waals surface area (Å²) >= 11 is 6.24. The molecule has 1 fully saturated rings. The number of ketones is 1. The van der Waals surface area contributed by atoms with E-state index in [0.29, 0.717) is 17.0 Å². The molecule has 1 atom stereocenters. The first-order valence-corrected chi connectivity index (χ1v) is 11.6. The Labute approximate surface area is 215 Å². The molecule has 1 N–H and O–H groups in total. The van der Waals surface area contributed by atoms with Gasteiger partial charge in [0.2, 0.25) is 0 Å². The summed E-state index contributed by atoms with van der Waals surface area (Å²) in [6.45, 7) is 1.93. The summed E-state index contributed by atoms with van der Waals surface area (Å²) in [5.41, 5.74) is 3.26. The molecule has 1 aliphatic heterocycles. The first-order chi connectivity index (χ1) is 17.2. The zero-order valence-corrected chi connectivity index (χ0v) is 21.5. The van der Waals surface area contributed by atoms with Crippen molar-refractivity contribution in [2.24, 2.45) is 0 Å². The molecule has 186 valence electrons. The molecule has 1 heterocycles. The van der Waals surface area contributed by atoms with E-state index in [-0.39, 0.29) is 27.7 Å². The number of aliphatic hydroxyl groups is 1. The summed E-state index contributed by atoms with van der Waals surface area (Å²) in [5, 5.41) is 11.8. The number of carbonyl (C=O) groups excluding carboxylic acids is 2. The van der Waals surface area contributed by atoms with Gasteiger partial charge in [-0.3, -0.25) is 14.5 Å². The summed E-state index contributed by atoms with van der Waals surface area (Å²) in [7, 11) is 6.71. The topological polar surface area (TPSA) is 79.3 Å². The number of anilines is 2. The van der Waals surface area contributed by atoms with Crippen LogP contribution < -0.4 is 19.3 Å². The molecule has 0 aliphatic carbocycles.